The van der Waals surface area contributed by atoms with Gasteiger partial charge in [0.2, 0.25) is 0 Å². The second-order valence-corrected chi connectivity index (χ2v) is 4.97. The van der Waals surface area contributed by atoms with Crippen LogP contribution in [-0.2, 0) is 0 Å². The number of benzene rings is 2. The molecule has 0 amide bonds. The van der Waals surface area contributed by atoms with E-state index >= 15 is 0 Å². The Balaban J connectivity index is 2.03. The van der Waals surface area contributed by atoms with Gasteiger partial charge in [-0.1, -0.05) is 48.5 Å². The predicted molar refractivity (Wildman–Crippen MR) is 89.1 cm³/mol. The van der Waals surface area contributed by atoms with Gasteiger partial charge in [-0.2, -0.15) is 0 Å². The number of anilines is 1. The number of rotatable bonds is 5. The second kappa shape index (κ2) is 6.76. The SMILES string of the molecule is COc1ccccc1C(Nc1ccncc1)c1ccccc1. The predicted octanol–water partition coefficient (Wildman–Crippen LogP) is 4.29. The summed E-state index contributed by atoms with van der Waals surface area (Å²) in [7, 11) is 1.70. The van der Waals surface area contributed by atoms with Gasteiger partial charge < -0.3 is 10.1 Å². The van der Waals surface area contributed by atoms with Crippen LogP contribution < -0.4 is 10.1 Å². The Kier molecular flexibility index (Phi) is 4.35. The van der Waals surface area contributed by atoms with Gasteiger partial charge in [-0.05, 0) is 23.8 Å². The first kappa shape index (κ1) is 14.1. The number of aromatic nitrogens is 1. The number of pyridine rings is 1. The number of nitrogens with zero attached hydrogens (tertiary/aromatic N) is 1. The molecule has 1 unspecified atom stereocenters. The minimum absolute atomic E-state index is 0.0137. The van der Waals surface area contributed by atoms with Gasteiger partial charge in [0.1, 0.15) is 5.75 Å². The van der Waals surface area contributed by atoms with E-state index in [0.29, 0.717) is 0 Å². The standard InChI is InChI=1S/C19H18N2O/c1-22-18-10-6-5-9-17(18)19(15-7-3-2-4-8-15)21-16-11-13-20-14-12-16/h2-14,19H,1H3,(H,20,21). The molecule has 0 spiro atoms. The molecule has 1 N–H and O–H groups in total. The average Bonchev–Trinajstić information content (AvgIpc) is 2.61. The first-order valence-corrected chi connectivity index (χ1v) is 7.23. The van der Waals surface area contributed by atoms with Gasteiger partial charge in [-0.25, -0.2) is 0 Å². The van der Waals surface area contributed by atoms with Crippen molar-refractivity contribution in [3.63, 3.8) is 0 Å². The molecule has 0 aliphatic carbocycles. The molecule has 0 aliphatic heterocycles. The quantitative estimate of drug-likeness (QED) is 0.761. The number of ether oxygens (including phenoxy) is 1. The summed E-state index contributed by atoms with van der Waals surface area (Å²) in [5.41, 5.74) is 3.31. The Hall–Kier alpha value is -2.81. The lowest BCUT2D eigenvalue weighted by Crippen LogP contribution is -2.13. The Morgan fingerprint density at radius 2 is 1.55 bits per heavy atom. The van der Waals surface area contributed by atoms with Crippen LogP contribution in [0.5, 0.6) is 5.75 Å². The Bertz CT molecular complexity index is 714. The fourth-order valence-electron chi connectivity index (χ4n) is 2.51. The van der Waals surface area contributed by atoms with Gasteiger partial charge in [0, 0.05) is 23.6 Å². The smallest absolute Gasteiger partial charge is 0.124 e. The summed E-state index contributed by atoms with van der Waals surface area (Å²) >= 11 is 0. The molecule has 0 aliphatic rings. The van der Waals surface area contributed by atoms with Crippen LogP contribution in [0.3, 0.4) is 0 Å². The summed E-state index contributed by atoms with van der Waals surface area (Å²) in [5, 5.41) is 3.57. The van der Waals surface area contributed by atoms with Crippen LogP contribution in [0.2, 0.25) is 0 Å². The van der Waals surface area contributed by atoms with Gasteiger partial charge in [-0.15, -0.1) is 0 Å². The average molecular weight is 290 g/mol. The van der Waals surface area contributed by atoms with E-state index in [1.807, 2.05) is 48.5 Å². The highest BCUT2D eigenvalue weighted by molar-refractivity contribution is 5.51. The maximum Gasteiger partial charge on any atom is 0.124 e. The summed E-state index contributed by atoms with van der Waals surface area (Å²) in [6, 6.07) is 22.4. The van der Waals surface area contributed by atoms with Crippen LogP contribution in [0.25, 0.3) is 0 Å². The fraction of sp³-hybridized carbons (Fsp3) is 0.105. The van der Waals surface area contributed by atoms with Crippen molar-refractivity contribution in [3.05, 3.63) is 90.3 Å². The number of para-hydroxylation sites is 1. The molecular formula is C19H18N2O. The van der Waals surface area contributed by atoms with Crippen molar-refractivity contribution in [1.29, 1.82) is 0 Å². The third-order valence-corrected chi connectivity index (χ3v) is 3.57. The van der Waals surface area contributed by atoms with E-state index in [0.717, 1.165) is 17.0 Å². The topological polar surface area (TPSA) is 34.1 Å². The van der Waals surface area contributed by atoms with Crippen LogP contribution in [-0.4, -0.2) is 12.1 Å². The van der Waals surface area contributed by atoms with Crippen molar-refractivity contribution >= 4 is 5.69 Å². The Morgan fingerprint density at radius 1 is 0.864 bits per heavy atom. The van der Waals surface area contributed by atoms with E-state index in [2.05, 4.69) is 28.5 Å². The minimum atomic E-state index is 0.0137. The largest absolute Gasteiger partial charge is 0.496 e. The molecule has 3 aromatic rings. The lowest BCUT2D eigenvalue weighted by Gasteiger charge is -2.23. The summed E-state index contributed by atoms with van der Waals surface area (Å²) < 4.78 is 5.53. The lowest BCUT2D eigenvalue weighted by atomic mass is 9.97. The van der Waals surface area contributed by atoms with E-state index in [4.69, 9.17) is 4.74 Å². The molecular weight excluding hydrogens is 272 g/mol. The van der Waals surface area contributed by atoms with Crippen LogP contribution in [0.1, 0.15) is 17.2 Å². The van der Waals surface area contributed by atoms with Gasteiger partial charge in [-0.3, -0.25) is 4.98 Å². The zero-order valence-corrected chi connectivity index (χ0v) is 12.4. The van der Waals surface area contributed by atoms with Gasteiger partial charge >= 0.3 is 0 Å². The van der Waals surface area contributed by atoms with Crippen molar-refractivity contribution < 1.29 is 4.74 Å². The van der Waals surface area contributed by atoms with Gasteiger partial charge in [0.25, 0.3) is 0 Å². The molecule has 1 aromatic heterocycles. The first-order chi connectivity index (χ1) is 10.9. The first-order valence-electron chi connectivity index (χ1n) is 7.23. The van der Waals surface area contributed by atoms with E-state index < -0.39 is 0 Å². The number of hydrogen-bond acceptors (Lipinski definition) is 3. The summed E-state index contributed by atoms with van der Waals surface area (Å²) in [4.78, 5) is 4.07. The zero-order valence-electron chi connectivity index (χ0n) is 12.4. The maximum absolute atomic E-state index is 5.53. The number of hydrogen-bond donors (Lipinski definition) is 1. The van der Waals surface area contributed by atoms with Gasteiger partial charge in [0.15, 0.2) is 0 Å². The lowest BCUT2D eigenvalue weighted by molar-refractivity contribution is 0.408. The third-order valence-electron chi connectivity index (χ3n) is 3.57. The zero-order chi connectivity index (χ0) is 15.2. The minimum Gasteiger partial charge on any atom is -0.496 e. The molecule has 2 aromatic carbocycles. The molecule has 0 saturated carbocycles. The molecule has 0 bridgehead atoms. The summed E-state index contributed by atoms with van der Waals surface area (Å²) in [6.45, 7) is 0. The third kappa shape index (κ3) is 3.09. The van der Waals surface area contributed by atoms with Crippen LogP contribution in [0, 0.1) is 0 Å². The van der Waals surface area contributed by atoms with Crippen LogP contribution in [0.15, 0.2) is 79.1 Å². The van der Waals surface area contributed by atoms with Crippen molar-refractivity contribution in [2.24, 2.45) is 0 Å². The molecule has 22 heavy (non-hydrogen) atoms. The number of nitrogens with one attached hydrogen (secondary N) is 1. The van der Waals surface area contributed by atoms with E-state index in [9.17, 15) is 0 Å². The van der Waals surface area contributed by atoms with E-state index in [1.165, 1.54) is 5.56 Å². The van der Waals surface area contributed by atoms with E-state index in [1.54, 1.807) is 19.5 Å². The maximum atomic E-state index is 5.53. The monoisotopic (exact) mass is 290 g/mol. The molecule has 110 valence electrons. The fourth-order valence-corrected chi connectivity index (χ4v) is 2.51. The van der Waals surface area contributed by atoms with Crippen molar-refractivity contribution in [2.75, 3.05) is 12.4 Å². The second-order valence-electron chi connectivity index (χ2n) is 4.97. The summed E-state index contributed by atoms with van der Waals surface area (Å²) in [6.07, 6.45) is 3.57. The van der Waals surface area contributed by atoms with Crippen molar-refractivity contribution in [3.8, 4) is 5.75 Å². The molecule has 3 nitrogen and oxygen atoms in total. The van der Waals surface area contributed by atoms with Crippen molar-refractivity contribution in [1.82, 2.24) is 4.98 Å². The summed E-state index contributed by atoms with van der Waals surface area (Å²) in [5.74, 6) is 0.873. The van der Waals surface area contributed by atoms with Crippen LogP contribution in [0.4, 0.5) is 5.69 Å². The number of methoxy groups -OCH3 is 1. The van der Waals surface area contributed by atoms with Crippen LogP contribution >= 0.6 is 0 Å². The molecule has 1 heterocycles. The molecule has 3 heteroatoms. The molecule has 0 radical (unpaired) electrons. The molecule has 0 fully saturated rings. The highest BCUT2D eigenvalue weighted by atomic mass is 16.5. The normalized spacial score (nSPS) is 11.7. The van der Waals surface area contributed by atoms with Crippen molar-refractivity contribution in [2.45, 2.75) is 6.04 Å². The molecule has 0 saturated heterocycles. The molecule has 3 rings (SSSR count). The highest BCUT2D eigenvalue weighted by Crippen LogP contribution is 2.32. The Morgan fingerprint density at radius 3 is 2.27 bits per heavy atom. The van der Waals surface area contributed by atoms with Gasteiger partial charge in [0.05, 0.1) is 13.2 Å². The Labute approximate surface area is 130 Å². The molecule has 1 atom stereocenters. The van der Waals surface area contributed by atoms with E-state index in [-0.39, 0.29) is 6.04 Å². The highest BCUT2D eigenvalue weighted by Gasteiger charge is 2.17.